The minimum atomic E-state index is -0.775. The Kier molecular flexibility index (Phi) is 6.02. The van der Waals surface area contributed by atoms with Crippen LogP contribution in [0.4, 0.5) is 5.69 Å². The highest BCUT2D eigenvalue weighted by atomic mass is 79.9. The first-order valence-corrected chi connectivity index (χ1v) is 13.6. The van der Waals surface area contributed by atoms with Gasteiger partial charge in [-0.1, -0.05) is 40.9 Å². The van der Waals surface area contributed by atoms with Gasteiger partial charge in [0.25, 0.3) is 0 Å². The molecule has 0 unspecified atom stereocenters. The van der Waals surface area contributed by atoms with Crippen LogP contribution in [0.25, 0.3) is 0 Å². The van der Waals surface area contributed by atoms with Crippen molar-refractivity contribution in [3.63, 3.8) is 0 Å². The first-order valence-electron chi connectivity index (χ1n) is 12.1. The van der Waals surface area contributed by atoms with E-state index in [2.05, 4.69) is 15.9 Å². The van der Waals surface area contributed by atoms with Crippen LogP contribution in [0.1, 0.15) is 29.9 Å². The quantitative estimate of drug-likeness (QED) is 0.256. The van der Waals surface area contributed by atoms with Crippen molar-refractivity contribution in [2.75, 3.05) is 4.90 Å². The molecule has 1 N–H and O–H groups in total. The zero-order valence-electron chi connectivity index (χ0n) is 20.0. The summed E-state index contributed by atoms with van der Waals surface area (Å²) < 4.78 is 0.139. The van der Waals surface area contributed by atoms with Gasteiger partial charge in [0.2, 0.25) is 11.8 Å². The van der Waals surface area contributed by atoms with Crippen LogP contribution >= 0.6 is 39.1 Å². The van der Waals surface area contributed by atoms with Crippen LogP contribution in [-0.4, -0.2) is 28.5 Å². The molecular weight excluding hydrogens is 593 g/mol. The molecule has 0 spiro atoms. The maximum absolute atomic E-state index is 13.9. The van der Waals surface area contributed by atoms with Crippen LogP contribution in [0.5, 0.6) is 5.75 Å². The Morgan fingerprint density at radius 2 is 1.76 bits per heavy atom. The van der Waals surface area contributed by atoms with Crippen molar-refractivity contribution in [2.24, 2.45) is 17.8 Å². The van der Waals surface area contributed by atoms with E-state index in [1.54, 1.807) is 24.3 Å². The van der Waals surface area contributed by atoms with Crippen LogP contribution in [0, 0.1) is 24.7 Å². The Balaban J connectivity index is 1.50. The van der Waals surface area contributed by atoms with E-state index in [9.17, 15) is 24.3 Å². The van der Waals surface area contributed by atoms with Gasteiger partial charge in [-0.3, -0.25) is 19.2 Å². The van der Waals surface area contributed by atoms with Crippen LogP contribution in [0.3, 0.4) is 0 Å². The summed E-state index contributed by atoms with van der Waals surface area (Å²) in [4.78, 5) is 55.2. The highest BCUT2D eigenvalue weighted by Crippen LogP contribution is 2.56. The van der Waals surface area contributed by atoms with E-state index < -0.39 is 23.7 Å². The molecule has 6 rings (SSSR count). The second-order valence-electron chi connectivity index (χ2n) is 10.0. The molecule has 4 atom stereocenters. The second-order valence-corrected chi connectivity index (χ2v) is 11.7. The van der Waals surface area contributed by atoms with Gasteiger partial charge in [-0.25, -0.2) is 4.90 Å². The number of rotatable bonds is 2. The number of allylic oxidation sites excluding steroid dienone is 6. The highest BCUT2D eigenvalue weighted by molar-refractivity contribution is 9.12. The number of anilines is 1. The molecular formula is C29H20BrCl2NO5. The van der Waals surface area contributed by atoms with E-state index in [0.717, 1.165) is 11.1 Å². The predicted octanol–water partition coefficient (Wildman–Crippen LogP) is 5.97. The van der Waals surface area contributed by atoms with E-state index in [-0.39, 0.29) is 51.2 Å². The molecule has 1 fully saturated rings. The molecule has 38 heavy (non-hydrogen) atoms. The molecule has 192 valence electrons. The Labute approximate surface area is 236 Å². The Hall–Kier alpha value is -3.00. The fourth-order valence-corrected chi connectivity index (χ4v) is 7.10. The molecule has 0 aromatic heterocycles. The molecule has 0 radical (unpaired) electrons. The molecule has 4 aliphatic rings. The van der Waals surface area contributed by atoms with Gasteiger partial charge >= 0.3 is 0 Å². The van der Waals surface area contributed by atoms with E-state index in [4.69, 9.17) is 23.2 Å². The topological polar surface area (TPSA) is 91.8 Å². The summed E-state index contributed by atoms with van der Waals surface area (Å²) in [6, 6.07) is 9.63. The predicted molar refractivity (Wildman–Crippen MR) is 146 cm³/mol. The minimum Gasteiger partial charge on any atom is -0.508 e. The summed E-state index contributed by atoms with van der Waals surface area (Å²) in [5.41, 5.74) is 2.90. The van der Waals surface area contributed by atoms with Crippen LogP contribution < -0.4 is 4.90 Å². The number of aromatic hydroxyl groups is 1. The fraction of sp³-hybridized carbons (Fsp3) is 0.241. The van der Waals surface area contributed by atoms with Crippen molar-refractivity contribution in [1.29, 1.82) is 0 Å². The smallest absolute Gasteiger partial charge is 0.238 e. The van der Waals surface area contributed by atoms with Crippen LogP contribution in [0.15, 0.2) is 69.8 Å². The lowest BCUT2D eigenvalue weighted by Crippen LogP contribution is -2.39. The zero-order valence-corrected chi connectivity index (χ0v) is 23.1. The Bertz CT molecular complexity index is 1590. The van der Waals surface area contributed by atoms with E-state index in [0.29, 0.717) is 27.7 Å². The third-order valence-corrected chi connectivity index (χ3v) is 9.28. The summed E-state index contributed by atoms with van der Waals surface area (Å²) in [6.07, 6.45) is 3.56. The molecule has 1 aliphatic heterocycles. The van der Waals surface area contributed by atoms with Crippen molar-refractivity contribution in [3.05, 3.63) is 90.9 Å². The van der Waals surface area contributed by atoms with Crippen LogP contribution in [0.2, 0.25) is 10.0 Å². The normalized spacial score (nSPS) is 26.7. The number of hydrogen-bond acceptors (Lipinski definition) is 5. The maximum atomic E-state index is 13.9. The lowest BCUT2D eigenvalue weighted by Gasteiger charge is -2.42. The van der Waals surface area contributed by atoms with Gasteiger partial charge in [0, 0.05) is 38.7 Å². The summed E-state index contributed by atoms with van der Waals surface area (Å²) >= 11 is 15.8. The molecule has 2 aromatic rings. The Morgan fingerprint density at radius 3 is 2.50 bits per heavy atom. The van der Waals surface area contributed by atoms with Crippen molar-refractivity contribution in [3.8, 4) is 5.75 Å². The van der Waals surface area contributed by atoms with Gasteiger partial charge < -0.3 is 5.11 Å². The summed E-state index contributed by atoms with van der Waals surface area (Å²) in [5, 5.41) is 11.6. The lowest BCUT2D eigenvalue weighted by molar-refractivity contribution is -0.123. The molecule has 3 aliphatic carbocycles. The van der Waals surface area contributed by atoms with Gasteiger partial charge in [0.05, 0.1) is 22.0 Å². The number of amides is 2. The number of Topliss-reactive ketones (excluding diaryl/α,β-unsaturated/α-hetero) is 1. The molecule has 2 aromatic carbocycles. The SMILES string of the molecule is Cc1ccc(N2C(=O)[C@H]3[C@H](CC=C4[C@H](c5cc(Cl)ccc5O)C5=C(C[C@H]43)C(=O)C(Br)=CC5=O)C2=O)cc1Cl. The van der Waals surface area contributed by atoms with Crippen molar-refractivity contribution < 1.29 is 24.3 Å². The number of hydrogen-bond donors (Lipinski definition) is 1. The molecule has 9 heteroatoms. The number of carbonyl (C=O) groups is 4. The van der Waals surface area contributed by atoms with Gasteiger partial charge in [0.15, 0.2) is 11.6 Å². The lowest BCUT2D eigenvalue weighted by atomic mass is 9.59. The molecule has 6 nitrogen and oxygen atoms in total. The number of phenols is 1. The third kappa shape index (κ3) is 3.67. The fourth-order valence-electron chi connectivity index (χ4n) is 6.29. The number of ketones is 2. The second kappa shape index (κ2) is 9.04. The number of benzene rings is 2. The average molecular weight is 613 g/mol. The van der Waals surface area contributed by atoms with E-state index in [1.165, 1.54) is 23.1 Å². The van der Waals surface area contributed by atoms with Gasteiger partial charge in [-0.15, -0.1) is 0 Å². The number of nitrogens with zero attached hydrogens (tertiary/aromatic N) is 1. The third-order valence-electron chi connectivity index (χ3n) is 8.05. The Morgan fingerprint density at radius 1 is 1.00 bits per heavy atom. The maximum Gasteiger partial charge on any atom is 0.238 e. The van der Waals surface area contributed by atoms with Gasteiger partial charge in [0.1, 0.15) is 5.75 Å². The average Bonchev–Trinajstić information content (AvgIpc) is 3.14. The number of aryl methyl sites for hydroxylation is 1. The van der Waals surface area contributed by atoms with E-state index in [1.807, 2.05) is 13.0 Å². The zero-order chi connectivity index (χ0) is 27.0. The first-order chi connectivity index (χ1) is 18.1. The standard InChI is InChI=1S/C29H20BrCl2NO5/c1-12-2-4-14(9-21(12)32)33-28(37)16-6-5-15-17(25(16)29(33)38)10-19-26(23(35)11-20(30)27(19)36)24(15)18-8-13(31)3-7-22(18)34/h2-5,7-9,11,16-17,24-25,34H,6,10H2,1H3/t16-,17+,24+,25-/m0/s1. The highest BCUT2D eigenvalue weighted by Gasteiger charge is 2.57. The monoisotopic (exact) mass is 611 g/mol. The van der Waals surface area contributed by atoms with Gasteiger partial charge in [-0.2, -0.15) is 0 Å². The van der Waals surface area contributed by atoms with Crippen LogP contribution in [-0.2, 0) is 19.2 Å². The number of halogens is 3. The summed E-state index contributed by atoms with van der Waals surface area (Å²) in [6.45, 7) is 1.84. The molecule has 0 saturated carbocycles. The minimum absolute atomic E-state index is 0.0754. The van der Waals surface area contributed by atoms with Gasteiger partial charge in [-0.05, 0) is 77.5 Å². The largest absolute Gasteiger partial charge is 0.508 e. The number of fused-ring (bicyclic) bond motifs is 3. The van der Waals surface area contributed by atoms with Crippen molar-refractivity contribution in [1.82, 2.24) is 0 Å². The molecule has 2 amide bonds. The van der Waals surface area contributed by atoms with Crippen molar-refractivity contribution >= 4 is 68.2 Å². The molecule has 0 bridgehead atoms. The first kappa shape index (κ1) is 25.3. The summed E-state index contributed by atoms with van der Waals surface area (Å²) in [5.74, 6) is -4.08. The molecule has 1 saturated heterocycles. The number of imide groups is 1. The molecule has 1 heterocycles. The number of carbonyl (C=O) groups excluding carboxylic acids is 4. The summed E-state index contributed by atoms with van der Waals surface area (Å²) in [7, 11) is 0. The van der Waals surface area contributed by atoms with Crippen molar-refractivity contribution in [2.45, 2.75) is 25.7 Å². The number of phenolic OH excluding ortho intramolecular Hbond substituents is 1. The van der Waals surface area contributed by atoms with E-state index >= 15 is 0 Å².